The minimum Gasteiger partial charge on any atom is -0.409 e. The number of ether oxygens (including phenoxy) is 1. The van der Waals surface area contributed by atoms with E-state index in [1.54, 1.807) is 11.9 Å². The van der Waals surface area contributed by atoms with E-state index in [-0.39, 0.29) is 11.7 Å². The van der Waals surface area contributed by atoms with Gasteiger partial charge in [0.25, 0.3) is 0 Å². The van der Waals surface area contributed by atoms with Crippen LogP contribution in [0.2, 0.25) is 0 Å². The second kappa shape index (κ2) is 5.99. The highest BCUT2D eigenvalue weighted by Crippen LogP contribution is 2.47. The van der Waals surface area contributed by atoms with Crippen LogP contribution in [0, 0.1) is 17.3 Å². The van der Waals surface area contributed by atoms with E-state index in [9.17, 15) is 4.79 Å². The van der Waals surface area contributed by atoms with Crippen LogP contribution in [0.15, 0.2) is 5.16 Å². The molecule has 1 aliphatic carbocycles. The molecule has 0 aromatic rings. The van der Waals surface area contributed by atoms with Crippen LogP contribution in [0.4, 0.5) is 0 Å². The minimum atomic E-state index is -0.793. The van der Waals surface area contributed by atoms with Gasteiger partial charge in [-0.3, -0.25) is 4.79 Å². The molecule has 2 rings (SSSR count). The van der Waals surface area contributed by atoms with Gasteiger partial charge in [-0.2, -0.15) is 0 Å². The van der Waals surface area contributed by atoms with E-state index in [0.29, 0.717) is 37.8 Å². The Morgan fingerprint density at radius 2 is 2.25 bits per heavy atom. The van der Waals surface area contributed by atoms with Gasteiger partial charge in [-0.05, 0) is 37.5 Å². The summed E-state index contributed by atoms with van der Waals surface area (Å²) in [5.41, 5.74) is 4.98. The fourth-order valence-corrected chi connectivity index (χ4v) is 3.51. The molecule has 1 unspecified atom stereocenters. The maximum Gasteiger partial charge on any atom is 0.236 e. The Labute approximate surface area is 119 Å². The summed E-state index contributed by atoms with van der Waals surface area (Å²) in [6.45, 7) is 4.28. The average Bonchev–Trinajstić information content (AvgIpc) is 2.43. The van der Waals surface area contributed by atoms with Crippen LogP contribution in [0.3, 0.4) is 0 Å². The summed E-state index contributed by atoms with van der Waals surface area (Å²) in [4.78, 5) is 14.4. The lowest BCUT2D eigenvalue weighted by Crippen LogP contribution is -2.57. The van der Waals surface area contributed by atoms with Crippen molar-refractivity contribution < 1.29 is 14.7 Å². The first-order chi connectivity index (χ1) is 9.49. The molecular weight excluding hydrogens is 258 g/mol. The van der Waals surface area contributed by atoms with Gasteiger partial charge in [0.2, 0.25) is 5.91 Å². The van der Waals surface area contributed by atoms with Crippen molar-refractivity contribution >= 4 is 11.7 Å². The van der Waals surface area contributed by atoms with Crippen LogP contribution in [0.25, 0.3) is 0 Å². The summed E-state index contributed by atoms with van der Waals surface area (Å²) >= 11 is 0. The molecule has 1 heterocycles. The molecule has 1 saturated carbocycles. The highest BCUT2D eigenvalue weighted by Gasteiger charge is 2.53. The Bertz CT molecular complexity index is 385. The van der Waals surface area contributed by atoms with Gasteiger partial charge < -0.3 is 20.6 Å². The highest BCUT2D eigenvalue weighted by atomic mass is 16.5. The zero-order valence-corrected chi connectivity index (χ0v) is 12.3. The molecule has 1 saturated heterocycles. The van der Waals surface area contributed by atoms with Crippen molar-refractivity contribution in [2.45, 2.75) is 32.6 Å². The van der Waals surface area contributed by atoms with Crippen LogP contribution in [-0.4, -0.2) is 48.7 Å². The standard InChI is InChI=1S/C14H25N3O3/c1-10-6-14(7-10,12(15)16-19)13(18)17(2)8-11-4-3-5-20-9-11/h10-11,19H,3-9H2,1-2H3,(H2,15,16). The normalized spacial score (nSPS) is 34.4. The van der Waals surface area contributed by atoms with Gasteiger partial charge in [-0.1, -0.05) is 12.1 Å². The van der Waals surface area contributed by atoms with Crippen LogP contribution in [0.5, 0.6) is 0 Å². The fourth-order valence-electron chi connectivity index (χ4n) is 3.51. The van der Waals surface area contributed by atoms with E-state index < -0.39 is 5.41 Å². The summed E-state index contributed by atoms with van der Waals surface area (Å²) < 4.78 is 5.45. The Morgan fingerprint density at radius 1 is 1.55 bits per heavy atom. The Morgan fingerprint density at radius 3 is 2.75 bits per heavy atom. The summed E-state index contributed by atoms with van der Waals surface area (Å²) in [5, 5.41) is 12.0. The van der Waals surface area contributed by atoms with Gasteiger partial charge in [0.15, 0.2) is 5.84 Å². The molecule has 1 aliphatic heterocycles. The first kappa shape index (κ1) is 15.1. The fraction of sp³-hybridized carbons (Fsp3) is 0.857. The summed E-state index contributed by atoms with van der Waals surface area (Å²) in [6.07, 6.45) is 3.46. The van der Waals surface area contributed by atoms with Crippen molar-refractivity contribution in [1.29, 1.82) is 0 Å². The van der Waals surface area contributed by atoms with Crippen LogP contribution in [-0.2, 0) is 9.53 Å². The molecule has 0 spiro atoms. The second-order valence-corrected chi connectivity index (χ2v) is 6.35. The van der Waals surface area contributed by atoms with E-state index in [4.69, 9.17) is 15.7 Å². The van der Waals surface area contributed by atoms with Crippen molar-refractivity contribution in [3.8, 4) is 0 Å². The maximum atomic E-state index is 12.7. The molecule has 0 aromatic heterocycles. The zero-order chi connectivity index (χ0) is 14.8. The van der Waals surface area contributed by atoms with Crippen LogP contribution in [0.1, 0.15) is 32.6 Å². The van der Waals surface area contributed by atoms with E-state index in [1.807, 2.05) is 0 Å². The number of hydrogen-bond acceptors (Lipinski definition) is 4. The third-order valence-corrected chi connectivity index (χ3v) is 4.53. The number of carbonyl (C=O) groups is 1. The molecule has 0 bridgehead atoms. The van der Waals surface area contributed by atoms with Gasteiger partial charge in [0.05, 0.1) is 6.61 Å². The number of amides is 1. The van der Waals surface area contributed by atoms with Crippen molar-refractivity contribution in [2.75, 3.05) is 26.8 Å². The number of nitrogens with two attached hydrogens (primary N) is 1. The van der Waals surface area contributed by atoms with Crippen LogP contribution >= 0.6 is 0 Å². The first-order valence-corrected chi connectivity index (χ1v) is 7.31. The molecule has 20 heavy (non-hydrogen) atoms. The lowest BCUT2D eigenvalue weighted by atomic mass is 9.61. The minimum absolute atomic E-state index is 0.0310. The number of carbonyl (C=O) groups excluding carboxylic acids is 1. The van der Waals surface area contributed by atoms with Gasteiger partial charge >= 0.3 is 0 Å². The number of hydrogen-bond donors (Lipinski definition) is 2. The average molecular weight is 283 g/mol. The van der Waals surface area contributed by atoms with Crippen molar-refractivity contribution in [1.82, 2.24) is 4.90 Å². The predicted octanol–water partition coefficient (Wildman–Crippen LogP) is 1.03. The van der Waals surface area contributed by atoms with Gasteiger partial charge in [0, 0.05) is 20.2 Å². The van der Waals surface area contributed by atoms with Crippen LogP contribution < -0.4 is 5.73 Å². The summed E-state index contributed by atoms with van der Waals surface area (Å²) in [6, 6.07) is 0. The molecule has 0 radical (unpaired) electrons. The number of amidine groups is 1. The summed E-state index contributed by atoms with van der Waals surface area (Å²) in [5.74, 6) is 0.842. The quantitative estimate of drug-likeness (QED) is 0.349. The predicted molar refractivity (Wildman–Crippen MR) is 75.4 cm³/mol. The van der Waals surface area contributed by atoms with Crippen molar-refractivity contribution in [3.05, 3.63) is 0 Å². The largest absolute Gasteiger partial charge is 0.409 e. The number of nitrogens with zero attached hydrogens (tertiary/aromatic N) is 2. The summed E-state index contributed by atoms with van der Waals surface area (Å²) in [7, 11) is 1.80. The molecular formula is C14H25N3O3. The molecule has 6 nitrogen and oxygen atoms in total. The SMILES string of the molecule is CC1CC(C(=O)N(C)CC2CCCOC2)(C(N)=NO)C1. The van der Waals surface area contributed by atoms with E-state index in [2.05, 4.69) is 12.1 Å². The zero-order valence-electron chi connectivity index (χ0n) is 12.3. The first-order valence-electron chi connectivity index (χ1n) is 7.31. The lowest BCUT2D eigenvalue weighted by Gasteiger charge is -2.46. The topological polar surface area (TPSA) is 88.2 Å². The molecule has 0 aromatic carbocycles. The van der Waals surface area contributed by atoms with Gasteiger partial charge in [0.1, 0.15) is 5.41 Å². The Balaban J connectivity index is 2.00. The smallest absolute Gasteiger partial charge is 0.236 e. The van der Waals surface area contributed by atoms with E-state index in [0.717, 1.165) is 19.4 Å². The van der Waals surface area contributed by atoms with E-state index in [1.165, 1.54) is 0 Å². The Kier molecular flexibility index (Phi) is 4.52. The van der Waals surface area contributed by atoms with Gasteiger partial charge in [-0.15, -0.1) is 0 Å². The second-order valence-electron chi connectivity index (χ2n) is 6.35. The molecule has 6 heteroatoms. The molecule has 2 fully saturated rings. The van der Waals surface area contributed by atoms with Gasteiger partial charge in [-0.25, -0.2) is 0 Å². The number of oxime groups is 1. The molecule has 114 valence electrons. The Hall–Kier alpha value is -1.30. The monoisotopic (exact) mass is 283 g/mol. The maximum absolute atomic E-state index is 12.7. The van der Waals surface area contributed by atoms with Crippen molar-refractivity contribution in [2.24, 2.45) is 28.1 Å². The highest BCUT2D eigenvalue weighted by molar-refractivity contribution is 6.07. The third-order valence-electron chi connectivity index (χ3n) is 4.53. The molecule has 3 N–H and O–H groups in total. The van der Waals surface area contributed by atoms with Crippen molar-refractivity contribution in [3.63, 3.8) is 0 Å². The lowest BCUT2D eigenvalue weighted by molar-refractivity contribution is -0.144. The van der Waals surface area contributed by atoms with E-state index >= 15 is 0 Å². The molecule has 1 amide bonds. The molecule has 2 aliphatic rings. The number of rotatable bonds is 4. The molecule has 1 atom stereocenters. The third kappa shape index (κ3) is 2.75.